The van der Waals surface area contributed by atoms with Gasteiger partial charge in [0.15, 0.2) is 0 Å². The number of nitrogens with zero attached hydrogens (tertiary/aromatic N) is 2. The van der Waals surface area contributed by atoms with E-state index in [1.54, 1.807) is 7.11 Å². The molecule has 0 unspecified atom stereocenters. The van der Waals surface area contributed by atoms with E-state index < -0.39 is 0 Å². The minimum atomic E-state index is -0.0758. The van der Waals surface area contributed by atoms with Gasteiger partial charge in [-0.25, -0.2) is 4.68 Å². The summed E-state index contributed by atoms with van der Waals surface area (Å²) < 4.78 is 7.01. The van der Waals surface area contributed by atoms with Crippen LogP contribution in [-0.2, 0) is 18.0 Å². The Labute approximate surface area is 136 Å². The fourth-order valence-electron chi connectivity index (χ4n) is 2.53. The molecule has 0 amide bonds. The van der Waals surface area contributed by atoms with Crippen LogP contribution in [-0.4, -0.2) is 22.0 Å². The molecule has 0 radical (unpaired) electrons. The van der Waals surface area contributed by atoms with Crippen LogP contribution >= 0.6 is 0 Å². The van der Waals surface area contributed by atoms with E-state index in [-0.39, 0.29) is 6.61 Å². The molecule has 2 aromatic carbocycles. The molecule has 4 heteroatoms. The summed E-state index contributed by atoms with van der Waals surface area (Å²) in [5.41, 5.74) is 5.98. The fourth-order valence-corrected chi connectivity index (χ4v) is 2.53. The van der Waals surface area contributed by atoms with Crippen LogP contribution in [0.3, 0.4) is 0 Å². The molecule has 1 N–H and O–H groups in total. The third-order valence-corrected chi connectivity index (χ3v) is 3.76. The summed E-state index contributed by atoms with van der Waals surface area (Å²) in [6.45, 7) is 2.58. The first-order chi connectivity index (χ1) is 11.2. The average Bonchev–Trinajstić information content (AvgIpc) is 3.01. The van der Waals surface area contributed by atoms with Crippen molar-refractivity contribution in [3.05, 3.63) is 71.4 Å². The molecular formula is C19H20N2O2. The smallest absolute Gasteiger partial charge is 0.0889 e. The second kappa shape index (κ2) is 6.77. The molecule has 4 nitrogen and oxygen atoms in total. The first-order valence-electron chi connectivity index (χ1n) is 7.56. The number of benzene rings is 2. The predicted molar refractivity (Wildman–Crippen MR) is 90.4 cm³/mol. The molecule has 0 atom stereocenters. The maximum absolute atomic E-state index is 9.44. The van der Waals surface area contributed by atoms with Crippen LogP contribution in [0.1, 0.15) is 16.8 Å². The van der Waals surface area contributed by atoms with Gasteiger partial charge in [-0.05, 0) is 30.7 Å². The van der Waals surface area contributed by atoms with Crippen LogP contribution in [0, 0.1) is 6.92 Å². The Hall–Kier alpha value is -2.43. The number of aliphatic hydroxyl groups is 1. The lowest BCUT2D eigenvalue weighted by molar-refractivity contribution is 0.185. The third kappa shape index (κ3) is 3.33. The quantitative estimate of drug-likeness (QED) is 0.785. The lowest BCUT2D eigenvalue weighted by Crippen LogP contribution is -2.00. The minimum absolute atomic E-state index is 0.0758. The molecular weight excluding hydrogens is 288 g/mol. The highest BCUT2D eigenvalue weighted by Gasteiger charge is 2.11. The second-order valence-electron chi connectivity index (χ2n) is 5.56. The number of aliphatic hydroxyl groups excluding tert-OH is 1. The highest BCUT2D eigenvalue weighted by atomic mass is 16.5. The molecule has 3 aromatic rings. The Balaban J connectivity index is 2.04. The normalized spacial score (nSPS) is 10.9. The van der Waals surface area contributed by atoms with E-state index >= 15 is 0 Å². The Bertz CT molecular complexity index is 774. The number of rotatable bonds is 5. The first-order valence-corrected chi connectivity index (χ1v) is 7.56. The standard InChI is InChI=1S/C19H20N2O2/c1-14-3-7-16(8-4-14)19-11-17(12-22)20-21(19)18-9-5-15(6-10-18)13-23-2/h3-11,22H,12-13H2,1-2H3. The van der Waals surface area contributed by atoms with E-state index in [0.29, 0.717) is 12.3 Å². The van der Waals surface area contributed by atoms with Gasteiger partial charge >= 0.3 is 0 Å². The van der Waals surface area contributed by atoms with Crippen molar-refractivity contribution < 1.29 is 9.84 Å². The number of hydrogen-bond donors (Lipinski definition) is 1. The summed E-state index contributed by atoms with van der Waals surface area (Å²) in [5, 5.41) is 13.9. The van der Waals surface area contributed by atoms with Crippen molar-refractivity contribution in [1.29, 1.82) is 0 Å². The van der Waals surface area contributed by atoms with Crippen LogP contribution in [0.5, 0.6) is 0 Å². The van der Waals surface area contributed by atoms with Crippen LogP contribution < -0.4 is 0 Å². The van der Waals surface area contributed by atoms with E-state index in [0.717, 1.165) is 22.5 Å². The molecule has 0 spiro atoms. The molecule has 0 saturated heterocycles. The van der Waals surface area contributed by atoms with Gasteiger partial charge in [-0.2, -0.15) is 5.10 Å². The van der Waals surface area contributed by atoms with Gasteiger partial charge in [0.1, 0.15) is 0 Å². The van der Waals surface area contributed by atoms with Gasteiger partial charge in [0, 0.05) is 12.7 Å². The molecule has 1 heterocycles. The van der Waals surface area contributed by atoms with Crippen LogP contribution in [0.4, 0.5) is 0 Å². The van der Waals surface area contributed by atoms with Crippen molar-refractivity contribution >= 4 is 0 Å². The molecule has 0 aliphatic rings. The largest absolute Gasteiger partial charge is 0.390 e. The van der Waals surface area contributed by atoms with Crippen molar-refractivity contribution in [2.24, 2.45) is 0 Å². The van der Waals surface area contributed by atoms with Crippen molar-refractivity contribution in [2.45, 2.75) is 20.1 Å². The van der Waals surface area contributed by atoms with E-state index in [9.17, 15) is 5.11 Å². The maximum atomic E-state index is 9.44. The zero-order valence-corrected chi connectivity index (χ0v) is 13.4. The van der Waals surface area contributed by atoms with Gasteiger partial charge < -0.3 is 9.84 Å². The molecule has 0 aliphatic heterocycles. The molecule has 0 aliphatic carbocycles. The summed E-state index contributed by atoms with van der Waals surface area (Å²) in [5.74, 6) is 0. The van der Waals surface area contributed by atoms with Crippen molar-refractivity contribution in [3.63, 3.8) is 0 Å². The van der Waals surface area contributed by atoms with Gasteiger partial charge in [-0.3, -0.25) is 0 Å². The molecule has 0 bridgehead atoms. The summed E-state index contributed by atoms with van der Waals surface area (Å²) in [6.07, 6.45) is 0. The Morgan fingerprint density at radius 3 is 2.35 bits per heavy atom. The lowest BCUT2D eigenvalue weighted by Gasteiger charge is -2.09. The summed E-state index contributed by atoms with van der Waals surface area (Å²) in [7, 11) is 1.68. The van der Waals surface area contributed by atoms with Crippen LogP contribution in [0.25, 0.3) is 16.9 Å². The van der Waals surface area contributed by atoms with Crippen molar-refractivity contribution in [3.8, 4) is 16.9 Å². The average molecular weight is 308 g/mol. The lowest BCUT2D eigenvalue weighted by atomic mass is 10.1. The Kier molecular flexibility index (Phi) is 4.55. The molecule has 1 aromatic heterocycles. The van der Waals surface area contributed by atoms with Crippen LogP contribution in [0.2, 0.25) is 0 Å². The topological polar surface area (TPSA) is 47.3 Å². The van der Waals surface area contributed by atoms with Crippen LogP contribution in [0.15, 0.2) is 54.6 Å². The highest BCUT2D eigenvalue weighted by molar-refractivity contribution is 5.63. The predicted octanol–water partition coefficient (Wildman–Crippen LogP) is 3.49. The first kappa shape index (κ1) is 15.5. The molecule has 0 fully saturated rings. The Morgan fingerprint density at radius 1 is 1.04 bits per heavy atom. The Morgan fingerprint density at radius 2 is 1.74 bits per heavy atom. The number of aryl methyl sites for hydroxylation is 1. The van der Waals surface area contributed by atoms with E-state index in [1.165, 1.54) is 5.56 Å². The van der Waals surface area contributed by atoms with Gasteiger partial charge in [0.05, 0.1) is 30.3 Å². The van der Waals surface area contributed by atoms with Crippen molar-refractivity contribution in [1.82, 2.24) is 9.78 Å². The van der Waals surface area contributed by atoms with Crippen molar-refractivity contribution in [2.75, 3.05) is 7.11 Å². The molecule has 23 heavy (non-hydrogen) atoms. The number of methoxy groups -OCH3 is 1. The van der Waals surface area contributed by atoms with Gasteiger partial charge in [-0.1, -0.05) is 42.0 Å². The number of hydrogen-bond acceptors (Lipinski definition) is 3. The second-order valence-corrected chi connectivity index (χ2v) is 5.56. The fraction of sp³-hybridized carbons (Fsp3) is 0.211. The van der Waals surface area contributed by atoms with Gasteiger partial charge in [-0.15, -0.1) is 0 Å². The maximum Gasteiger partial charge on any atom is 0.0889 e. The summed E-state index contributed by atoms with van der Waals surface area (Å²) in [6, 6.07) is 18.3. The minimum Gasteiger partial charge on any atom is -0.390 e. The molecule has 0 saturated carbocycles. The zero-order valence-electron chi connectivity index (χ0n) is 13.4. The highest BCUT2D eigenvalue weighted by Crippen LogP contribution is 2.25. The van der Waals surface area contributed by atoms with Gasteiger partial charge in [0.2, 0.25) is 0 Å². The third-order valence-electron chi connectivity index (χ3n) is 3.76. The van der Waals surface area contributed by atoms with E-state index in [1.807, 2.05) is 35.0 Å². The monoisotopic (exact) mass is 308 g/mol. The molecule has 3 rings (SSSR count). The summed E-state index contributed by atoms with van der Waals surface area (Å²) in [4.78, 5) is 0. The SMILES string of the molecule is COCc1ccc(-n2nc(CO)cc2-c2ccc(C)cc2)cc1. The van der Waals surface area contributed by atoms with E-state index in [4.69, 9.17) is 4.74 Å². The summed E-state index contributed by atoms with van der Waals surface area (Å²) >= 11 is 0. The number of ether oxygens (including phenoxy) is 1. The molecule has 118 valence electrons. The zero-order chi connectivity index (χ0) is 16.2. The van der Waals surface area contributed by atoms with Gasteiger partial charge in [0.25, 0.3) is 0 Å². The van der Waals surface area contributed by atoms with E-state index in [2.05, 4.69) is 36.3 Å². The number of aromatic nitrogens is 2.